The summed E-state index contributed by atoms with van der Waals surface area (Å²) in [5, 5.41) is 23.7. The Kier molecular flexibility index (Phi) is 44.2. The molecule has 0 saturated heterocycles. The third-order valence-corrected chi connectivity index (χ3v) is 11.0. The molecule has 0 spiro atoms. The van der Waals surface area contributed by atoms with Crippen LogP contribution in [-0.2, 0) is 14.3 Å². The van der Waals surface area contributed by atoms with Crippen LogP contribution in [0.25, 0.3) is 0 Å². The lowest BCUT2D eigenvalue weighted by atomic mass is 10.0. The highest BCUT2D eigenvalue weighted by molar-refractivity contribution is 5.77. The standard InChI is InChI=1S/C53H93NO5/c1-4-7-10-13-16-19-22-24-26-28-30-32-35-38-41-44-49(59-53(58)46-43-40-37-34-21-18-15-12-9-6-3)47-52(57)54-50(48-55)51(56)45-42-39-36-33-31-29-27-25-23-20-17-14-11-8-5-2/h7,10,13,16,19,22,24,26,28,30,32,35,49-51,55-56H,4-6,8-9,11-12,14-15,17-18,20-21,23,25,27,29,31,33-34,36-48H2,1-3H3,(H,54,57)/b10-7-,16-13+,22-19+,26-24-,30-28+,35-32+. The zero-order valence-electron chi connectivity index (χ0n) is 38.6. The van der Waals surface area contributed by atoms with Gasteiger partial charge in [0.2, 0.25) is 5.91 Å². The van der Waals surface area contributed by atoms with Crippen molar-refractivity contribution in [3.8, 4) is 0 Å². The maximum atomic E-state index is 13.2. The summed E-state index contributed by atoms with van der Waals surface area (Å²) < 4.78 is 5.87. The molecule has 0 aromatic carbocycles. The number of esters is 1. The van der Waals surface area contributed by atoms with E-state index in [-0.39, 0.29) is 24.9 Å². The van der Waals surface area contributed by atoms with Crippen molar-refractivity contribution in [1.29, 1.82) is 0 Å². The molecule has 0 radical (unpaired) electrons. The van der Waals surface area contributed by atoms with Gasteiger partial charge in [0.1, 0.15) is 6.10 Å². The molecule has 0 fully saturated rings. The lowest BCUT2D eigenvalue weighted by Gasteiger charge is -2.24. The Labute approximate surface area is 364 Å². The molecule has 3 unspecified atom stereocenters. The Hall–Kier alpha value is -2.70. The second-order valence-electron chi connectivity index (χ2n) is 16.6. The van der Waals surface area contributed by atoms with Gasteiger partial charge in [-0.25, -0.2) is 0 Å². The van der Waals surface area contributed by atoms with Gasteiger partial charge in [-0.05, 0) is 38.5 Å². The summed E-state index contributed by atoms with van der Waals surface area (Å²) in [5.74, 6) is -0.551. The van der Waals surface area contributed by atoms with Gasteiger partial charge in [0, 0.05) is 6.42 Å². The van der Waals surface area contributed by atoms with Crippen molar-refractivity contribution in [2.75, 3.05) is 6.61 Å². The minimum Gasteiger partial charge on any atom is -0.462 e. The number of rotatable bonds is 43. The van der Waals surface area contributed by atoms with Crippen LogP contribution < -0.4 is 5.32 Å². The molecule has 0 saturated carbocycles. The Balaban J connectivity index is 4.68. The summed E-state index contributed by atoms with van der Waals surface area (Å²) in [6, 6.07) is -0.726. The molecule has 0 aromatic rings. The number of nitrogens with one attached hydrogen (secondary N) is 1. The molecule has 0 aliphatic carbocycles. The van der Waals surface area contributed by atoms with Gasteiger partial charge >= 0.3 is 5.97 Å². The predicted octanol–water partition coefficient (Wildman–Crippen LogP) is 14.6. The lowest BCUT2D eigenvalue weighted by Crippen LogP contribution is -2.46. The van der Waals surface area contributed by atoms with Crippen molar-refractivity contribution in [3.63, 3.8) is 0 Å². The van der Waals surface area contributed by atoms with Crippen LogP contribution in [0.15, 0.2) is 72.9 Å². The van der Waals surface area contributed by atoms with Crippen LogP contribution in [0.4, 0.5) is 0 Å². The number of ether oxygens (including phenoxy) is 1. The van der Waals surface area contributed by atoms with Crippen molar-refractivity contribution in [3.05, 3.63) is 72.9 Å². The highest BCUT2D eigenvalue weighted by atomic mass is 16.5. The number of amides is 1. The van der Waals surface area contributed by atoms with Crippen LogP contribution in [0.1, 0.15) is 226 Å². The summed E-state index contributed by atoms with van der Waals surface area (Å²) in [7, 11) is 0. The fourth-order valence-corrected chi connectivity index (χ4v) is 7.23. The third-order valence-electron chi connectivity index (χ3n) is 11.0. The Morgan fingerprint density at radius 1 is 0.508 bits per heavy atom. The lowest BCUT2D eigenvalue weighted by molar-refractivity contribution is -0.151. The fourth-order valence-electron chi connectivity index (χ4n) is 7.23. The van der Waals surface area contributed by atoms with E-state index in [0.29, 0.717) is 19.3 Å². The monoisotopic (exact) mass is 824 g/mol. The van der Waals surface area contributed by atoms with Gasteiger partial charge in [0.15, 0.2) is 0 Å². The number of hydrogen-bond donors (Lipinski definition) is 3. The molecule has 0 aromatic heterocycles. The summed E-state index contributed by atoms with van der Waals surface area (Å²) in [5.41, 5.74) is 0. The molecule has 6 heteroatoms. The quantitative estimate of drug-likeness (QED) is 0.0323. The van der Waals surface area contributed by atoms with Gasteiger partial charge in [-0.15, -0.1) is 0 Å². The van der Waals surface area contributed by atoms with Gasteiger partial charge in [-0.3, -0.25) is 9.59 Å². The third kappa shape index (κ3) is 41.8. The van der Waals surface area contributed by atoms with Crippen LogP contribution in [0.2, 0.25) is 0 Å². The van der Waals surface area contributed by atoms with E-state index in [1.807, 2.05) is 60.8 Å². The molecule has 0 heterocycles. The first-order valence-electron chi connectivity index (χ1n) is 24.7. The summed E-state index contributed by atoms with van der Waals surface area (Å²) in [6.07, 6.45) is 58.2. The van der Waals surface area contributed by atoms with Crippen molar-refractivity contribution in [2.45, 2.75) is 244 Å². The predicted molar refractivity (Wildman–Crippen MR) is 255 cm³/mol. The van der Waals surface area contributed by atoms with Crippen LogP contribution in [0, 0.1) is 0 Å². The molecule has 0 bridgehead atoms. The van der Waals surface area contributed by atoms with Crippen molar-refractivity contribution < 1.29 is 24.5 Å². The number of carbonyl (C=O) groups is 2. The number of carbonyl (C=O) groups excluding carboxylic acids is 2. The molecule has 59 heavy (non-hydrogen) atoms. The van der Waals surface area contributed by atoms with E-state index in [1.165, 1.54) is 122 Å². The zero-order chi connectivity index (χ0) is 43.1. The molecule has 0 rings (SSSR count). The van der Waals surface area contributed by atoms with E-state index < -0.39 is 18.2 Å². The number of aliphatic hydroxyl groups excluding tert-OH is 2. The molecule has 3 atom stereocenters. The highest BCUT2D eigenvalue weighted by Crippen LogP contribution is 2.17. The number of hydrogen-bond acceptors (Lipinski definition) is 5. The van der Waals surface area contributed by atoms with E-state index in [2.05, 4.69) is 38.2 Å². The van der Waals surface area contributed by atoms with Crippen molar-refractivity contribution in [2.24, 2.45) is 0 Å². The second kappa shape index (κ2) is 46.4. The zero-order valence-corrected chi connectivity index (χ0v) is 38.6. The fraction of sp³-hybridized carbons (Fsp3) is 0.736. The average Bonchev–Trinajstić information content (AvgIpc) is 3.23. The van der Waals surface area contributed by atoms with Crippen molar-refractivity contribution in [1.82, 2.24) is 5.32 Å². The molecule has 1 amide bonds. The minimum absolute atomic E-state index is 0.0258. The van der Waals surface area contributed by atoms with Crippen LogP contribution in [0.5, 0.6) is 0 Å². The SMILES string of the molecule is CC\C=C/C=C/C=C/C=C\C=C\C=C\CCCC(CC(=O)NC(CO)C(O)CCCCCCCCCCCCCCCCC)OC(=O)CCCCCCCCCCCC. The van der Waals surface area contributed by atoms with Gasteiger partial charge in [0.05, 0.1) is 25.2 Å². The van der Waals surface area contributed by atoms with Crippen molar-refractivity contribution >= 4 is 11.9 Å². The van der Waals surface area contributed by atoms with Crippen LogP contribution >= 0.6 is 0 Å². The summed E-state index contributed by atoms with van der Waals surface area (Å²) in [4.78, 5) is 26.0. The van der Waals surface area contributed by atoms with Gasteiger partial charge in [-0.1, -0.05) is 248 Å². The molecule has 6 nitrogen and oxygen atoms in total. The van der Waals surface area contributed by atoms with Gasteiger partial charge in [-0.2, -0.15) is 0 Å². The number of allylic oxidation sites excluding steroid dienone is 12. The Bertz CT molecular complexity index is 1110. The maximum Gasteiger partial charge on any atom is 0.306 e. The Morgan fingerprint density at radius 2 is 0.915 bits per heavy atom. The van der Waals surface area contributed by atoms with E-state index in [9.17, 15) is 19.8 Å². The first-order valence-corrected chi connectivity index (χ1v) is 24.7. The molecule has 3 N–H and O–H groups in total. The topological polar surface area (TPSA) is 95.9 Å². The van der Waals surface area contributed by atoms with Gasteiger partial charge < -0.3 is 20.3 Å². The van der Waals surface area contributed by atoms with Crippen LogP contribution in [0.3, 0.4) is 0 Å². The van der Waals surface area contributed by atoms with E-state index in [0.717, 1.165) is 57.8 Å². The summed E-state index contributed by atoms with van der Waals surface area (Å²) >= 11 is 0. The largest absolute Gasteiger partial charge is 0.462 e. The average molecular weight is 824 g/mol. The second-order valence-corrected chi connectivity index (χ2v) is 16.6. The van der Waals surface area contributed by atoms with E-state index in [1.54, 1.807) is 0 Å². The maximum absolute atomic E-state index is 13.2. The smallest absolute Gasteiger partial charge is 0.306 e. The molecule has 340 valence electrons. The number of aliphatic hydroxyl groups is 2. The molecular formula is C53H93NO5. The summed E-state index contributed by atoms with van der Waals surface area (Å²) in [6.45, 7) is 6.30. The normalized spacial score (nSPS) is 13.9. The number of unbranched alkanes of at least 4 members (excludes halogenated alkanes) is 24. The highest BCUT2D eigenvalue weighted by Gasteiger charge is 2.24. The first-order chi connectivity index (χ1) is 29.0. The van der Waals surface area contributed by atoms with Gasteiger partial charge in [0.25, 0.3) is 0 Å². The van der Waals surface area contributed by atoms with Crippen LogP contribution in [-0.4, -0.2) is 46.9 Å². The Morgan fingerprint density at radius 3 is 1.36 bits per heavy atom. The van der Waals surface area contributed by atoms with E-state index in [4.69, 9.17) is 4.74 Å². The molecule has 0 aliphatic rings. The minimum atomic E-state index is -0.808. The molecule has 0 aliphatic heterocycles. The first kappa shape index (κ1) is 56.3. The molecular weight excluding hydrogens is 731 g/mol. The van der Waals surface area contributed by atoms with E-state index >= 15 is 0 Å².